The van der Waals surface area contributed by atoms with Gasteiger partial charge in [0.25, 0.3) is 0 Å². The summed E-state index contributed by atoms with van der Waals surface area (Å²) in [6, 6.07) is 34.4. The molecule has 0 aliphatic carbocycles. The van der Waals surface area contributed by atoms with Gasteiger partial charge in [-0.3, -0.25) is 0 Å². The normalized spacial score (nSPS) is 10.1. The average molecular weight is 365 g/mol. The molecule has 0 aliphatic rings. The van der Waals surface area contributed by atoms with E-state index in [1.165, 1.54) is 44.5 Å². The second-order valence-electron chi connectivity index (χ2n) is 7.42. The maximum atomic E-state index is 2.24. The number of benzene rings is 4. The predicted octanol–water partition coefficient (Wildman–Crippen LogP) is 7.94. The standard InChI is InChI=1S/2C14H14/c1-11-3-7-13(8-4-11)14-9-5-12(2)6-10-14;1-11-8-9-12(2)14(10-11)13-6-4-3-5-7-13/h2*3-10H,1-2H3. The molecule has 4 aromatic rings. The minimum absolute atomic E-state index is 1.29. The van der Waals surface area contributed by atoms with Crippen molar-refractivity contribution >= 4 is 0 Å². The highest BCUT2D eigenvalue weighted by molar-refractivity contribution is 5.67. The molecule has 0 nitrogen and oxygen atoms in total. The summed E-state index contributed by atoms with van der Waals surface area (Å²) in [7, 11) is 0. The van der Waals surface area contributed by atoms with Gasteiger partial charge < -0.3 is 0 Å². The van der Waals surface area contributed by atoms with Crippen LogP contribution in [-0.4, -0.2) is 0 Å². The third-order valence-electron chi connectivity index (χ3n) is 4.91. The number of hydrogen-bond acceptors (Lipinski definition) is 0. The van der Waals surface area contributed by atoms with E-state index in [1.807, 2.05) is 0 Å². The first-order valence-electron chi connectivity index (χ1n) is 9.79. The van der Waals surface area contributed by atoms with Crippen LogP contribution in [0.25, 0.3) is 22.3 Å². The van der Waals surface area contributed by atoms with E-state index in [9.17, 15) is 0 Å². The van der Waals surface area contributed by atoms with E-state index in [0.29, 0.717) is 0 Å². The van der Waals surface area contributed by atoms with Crippen LogP contribution in [0.5, 0.6) is 0 Å². The zero-order valence-electron chi connectivity index (χ0n) is 17.2. The van der Waals surface area contributed by atoms with E-state index in [4.69, 9.17) is 0 Å². The van der Waals surface area contributed by atoms with Gasteiger partial charge in [0.2, 0.25) is 0 Å². The first-order valence-corrected chi connectivity index (χ1v) is 9.79. The van der Waals surface area contributed by atoms with Gasteiger partial charge in [-0.2, -0.15) is 0 Å². The molecule has 0 unspecified atom stereocenters. The van der Waals surface area contributed by atoms with Gasteiger partial charge in [-0.25, -0.2) is 0 Å². The van der Waals surface area contributed by atoms with Gasteiger partial charge in [0.1, 0.15) is 0 Å². The summed E-state index contributed by atoms with van der Waals surface area (Å²) >= 11 is 0. The lowest BCUT2D eigenvalue weighted by Crippen LogP contribution is -1.83. The van der Waals surface area contributed by atoms with E-state index in [-0.39, 0.29) is 0 Å². The Labute approximate surface area is 169 Å². The van der Waals surface area contributed by atoms with Crippen LogP contribution in [0, 0.1) is 27.7 Å². The molecule has 28 heavy (non-hydrogen) atoms. The van der Waals surface area contributed by atoms with Crippen LogP contribution >= 0.6 is 0 Å². The third kappa shape index (κ3) is 5.20. The largest absolute Gasteiger partial charge is 0.0622 e. The van der Waals surface area contributed by atoms with Gasteiger partial charge in [0.15, 0.2) is 0 Å². The van der Waals surface area contributed by atoms with Crippen molar-refractivity contribution in [3.8, 4) is 22.3 Å². The number of hydrogen-bond donors (Lipinski definition) is 0. The lowest BCUT2D eigenvalue weighted by molar-refractivity contribution is 1.39. The summed E-state index contributed by atoms with van der Waals surface area (Å²) in [5.74, 6) is 0. The zero-order chi connectivity index (χ0) is 19.9. The van der Waals surface area contributed by atoms with Crippen LogP contribution in [0.2, 0.25) is 0 Å². The minimum atomic E-state index is 1.29. The highest BCUT2D eigenvalue weighted by Gasteiger charge is 2.00. The van der Waals surface area contributed by atoms with E-state index in [0.717, 1.165) is 0 Å². The van der Waals surface area contributed by atoms with Crippen molar-refractivity contribution in [2.45, 2.75) is 27.7 Å². The topological polar surface area (TPSA) is 0 Å². The van der Waals surface area contributed by atoms with Crippen molar-refractivity contribution in [3.63, 3.8) is 0 Å². The fraction of sp³-hybridized carbons (Fsp3) is 0.143. The molecule has 0 aromatic heterocycles. The van der Waals surface area contributed by atoms with E-state index in [2.05, 4.69) is 125 Å². The molecular formula is C28H28. The van der Waals surface area contributed by atoms with E-state index < -0.39 is 0 Å². The van der Waals surface area contributed by atoms with Gasteiger partial charge >= 0.3 is 0 Å². The maximum absolute atomic E-state index is 2.24. The van der Waals surface area contributed by atoms with Gasteiger partial charge in [-0.05, 0) is 55.5 Å². The monoisotopic (exact) mass is 364 g/mol. The molecule has 0 bridgehead atoms. The zero-order valence-corrected chi connectivity index (χ0v) is 17.2. The molecule has 4 aromatic carbocycles. The Morgan fingerprint density at radius 1 is 0.393 bits per heavy atom. The lowest BCUT2D eigenvalue weighted by atomic mass is 9.99. The molecule has 0 amide bonds. The molecule has 140 valence electrons. The molecule has 0 saturated heterocycles. The summed E-state index contributed by atoms with van der Waals surface area (Å²) in [4.78, 5) is 0. The Balaban J connectivity index is 0.000000161. The fourth-order valence-corrected chi connectivity index (χ4v) is 3.16. The molecule has 0 heteroatoms. The van der Waals surface area contributed by atoms with Gasteiger partial charge in [-0.1, -0.05) is 114 Å². The lowest BCUT2D eigenvalue weighted by Gasteiger charge is -2.06. The SMILES string of the molecule is Cc1ccc(-c2ccc(C)cc2)cc1.Cc1ccc(C)c(-c2ccccc2)c1. The van der Waals surface area contributed by atoms with Crippen molar-refractivity contribution in [1.29, 1.82) is 0 Å². The Morgan fingerprint density at radius 2 is 0.857 bits per heavy atom. The van der Waals surface area contributed by atoms with Crippen LogP contribution in [0.4, 0.5) is 0 Å². The first-order chi connectivity index (χ1) is 13.5. The predicted molar refractivity (Wildman–Crippen MR) is 123 cm³/mol. The molecule has 0 atom stereocenters. The van der Waals surface area contributed by atoms with Gasteiger partial charge in [-0.15, -0.1) is 0 Å². The first kappa shape index (κ1) is 19.6. The number of rotatable bonds is 2. The molecular weight excluding hydrogens is 336 g/mol. The van der Waals surface area contributed by atoms with Crippen molar-refractivity contribution in [3.05, 3.63) is 119 Å². The number of aryl methyl sites for hydroxylation is 4. The summed E-state index contributed by atoms with van der Waals surface area (Å²) in [6.07, 6.45) is 0. The molecule has 0 N–H and O–H groups in total. The Morgan fingerprint density at radius 3 is 1.36 bits per heavy atom. The Kier molecular flexibility index (Phi) is 6.45. The van der Waals surface area contributed by atoms with Crippen LogP contribution in [-0.2, 0) is 0 Å². The second kappa shape index (κ2) is 9.19. The highest BCUT2D eigenvalue weighted by Crippen LogP contribution is 2.24. The van der Waals surface area contributed by atoms with Crippen molar-refractivity contribution in [2.24, 2.45) is 0 Å². The summed E-state index contributed by atoms with van der Waals surface area (Å²) in [5.41, 5.74) is 10.5. The van der Waals surface area contributed by atoms with Crippen LogP contribution < -0.4 is 0 Å². The molecule has 0 radical (unpaired) electrons. The quantitative estimate of drug-likeness (QED) is 0.338. The van der Waals surface area contributed by atoms with Crippen LogP contribution in [0.3, 0.4) is 0 Å². The average Bonchev–Trinajstić information content (AvgIpc) is 2.72. The molecule has 0 spiro atoms. The molecule has 0 aliphatic heterocycles. The minimum Gasteiger partial charge on any atom is -0.0622 e. The fourth-order valence-electron chi connectivity index (χ4n) is 3.16. The molecule has 4 rings (SSSR count). The summed E-state index contributed by atoms with van der Waals surface area (Å²) in [5, 5.41) is 0. The molecule has 0 saturated carbocycles. The maximum Gasteiger partial charge on any atom is -0.0152 e. The van der Waals surface area contributed by atoms with Gasteiger partial charge in [0, 0.05) is 0 Å². The second-order valence-corrected chi connectivity index (χ2v) is 7.42. The molecule has 0 fully saturated rings. The van der Waals surface area contributed by atoms with Crippen LogP contribution in [0.15, 0.2) is 97.1 Å². The van der Waals surface area contributed by atoms with Crippen molar-refractivity contribution in [1.82, 2.24) is 0 Å². The summed E-state index contributed by atoms with van der Waals surface area (Å²) < 4.78 is 0. The Bertz CT molecular complexity index is 964. The van der Waals surface area contributed by atoms with E-state index in [1.54, 1.807) is 0 Å². The van der Waals surface area contributed by atoms with Crippen molar-refractivity contribution < 1.29 is 0 Å². The van der Waals surface area contributed by atoms with Crippen molar-refractivity contribution in [2.75, 3.05) is 0 Å². The van der Waals surface area contributed by atoms with E-state index >= 15 is 0 Å². The highest BCUT2D eigenvalue weighted by atomic mass is 14.0. The third-order valence-corrected chi connectivity index (χ3v) is 4.91. The Hall–Kier alpha value is -3.12. The van der Waals surface area contributed by atoms with Crippen LogP contribution in [0.1, 0.15) is 22.3 Å². The van der Waals surface area contributed by atoms with Gasteiger partial charge in [0.05, 0.1) is 0 Å². The smallest absolute Gasteiger partial charge is 0.0152 e. The molecule has 0 heterocycles. The summed E-state index contributed by atoms with van der Waals surface area (Å²) in [6.45, 7) is 8.51.